The Kier molecular flexibility index (Phi) is 3.36. The number of ether oxygens (including phenoxy) is 1. The van der Waals surface area contributed by atoms with Crippen molar-refractivity contribution in [2.45, 2.75) is 6.92 Å². The molecule has 3 aromatic carbocycles. The van der Waals surface area contributed by atoms with Crippen molar-refractivity contribution in [2.24, 2.45) is 0 Å². The third kappa shape index (κ3) is 2.63. The van der Waals surface area contributed by atoms with Gasteiger partial charge in [0.1, 0.15) is 11.5 Å². The number of halogens is 1. The Morgan fingerprint density at radius 1 is 0.850 bits per heavy atom. The van der Waals surface area contributed by atoms with Crippen molar-refractivity contribution in [1.29, 1.82) is 0 Å². The number of rotatable bonds is 2. The highest BCUT2D eigenvalue weighted by molar-refractivity contribution is 9.10. The summed E-state index contributed by atoms with van der Waals surface area (Å²) in [6.07, 6.45) is 0. The molecule has 0 aromatic heterocycles. The summed E-state index contributed by atoms with van der Waals surface area (Å²) in [6, 6.07) is 17.9. The summed E-state index contributed by atoms with van der Waals surface area (Å²) < 4.78 is 6.96. The summed E-state index contributed by atoms with van der Waals surface area (Å²) >= 11 is 3.48. The molecule has 0 amide bonds. The number of hydrogen-bond acceptors (Lipinski definition) is 2. The maximum atomic E-state index is 5.89. The van der Waals surface area contributed by atoms with Gasteiger partial charge < -0.3 is 10.5 Å². The van der Waals surface area contributed by atoms with Gasteiger partial charge in [0.15, 0.2) is 0 Å². The van der Waals surface area contributed by atoms with Crippen LogP contribution < -0.4 is 10.5 Å². The smallest absolute Gasteiger partial charge is 0.128 e. The van der Waals surface area contributed by atoms with Crippen LogP contribution in [0.4, 0.5) is 5.69 Å². The zero-order chi connectivity index (χ0) is 14.1. The van der Waals surface area contributed by atoms with E-state index in [9.17, 15) is 0 Å². The van der Waals surface area contributed by atoms with Crippen LogP contribution in [0.25, 0.3) is 10.8 Å². The van der Waals surface area contributed by atoms with Crippen molar-refractivity contribution >= 4 is 32.4 Å². The Morgan fingerprint density at radius 2 is 1.50 bits per heavy atom. The van der Waals surface area contributed by atoms with Gasteiger partial charge in [-0.15, -0.1) is 0 Å². The van der Waals surface area contributed by atoms with Crippen LogP contribution in [0.2, 0.25) is 0 Å². The molecule has 0 fully saturated rings. The molecule has 0 bridgehead atoms. The molecular weight excluding hydrogens is 314 g/mol. The molecule has 0 spiro atoms. The van der Waals surface area contributed by atoms with Gasteiger partial charge in [0.2, 0.25) is 0 Å². The standard InChI is InChI=1S/C17H14BrNO/c1-11-8-15(6-7-17(11)19)20-16-5-3-12-9-14(18)4-2-13(12)10-16/h2-10H,19H2,1H3. The number of anilines is 1. The minimum atomic E-state index is 0.778. The van der Waals surface area contributed by atoms with Gasteiger partial charge in [0.25, 0.3) is 0 Å². The van der Waals surface area contributed by atoms with Crippen molar-refractivity contribution in [3.63, 3.8) is 0 Å². The van der Waals surface area contributed by atoms with Gasteiger partial charge in [-0.3, -0.25) is 0 Å². The first-order valence-electron chi connectivity index (χ1n) is 6.35. The molecule has 0 heterocycles. The van der Waals surface area contributed by atoms with E-state index in [-0.39, 0.29) is 0 Å². The number of benzene rings is 3. The monoisotopic (exact) mass is 327 g/mol. The molecule has 2 N–H and O–H groups in total. The largest absolute Gasteiger partial charge is 0.457 e. The first-order valence-corrected chi connectivity index (χ1v) is 7.14. The van der Waals surface area contributed by atoms with Gasteiger partial charge >= 0.3 is 0 Å². The fourth-order valence-electron chi connectivity index (χ4n) is 2.11. The van der Waals surface area contributed by atoms with E-state index in [1.165, 1.54) is 5.39 Å². The highest BCUT2D eigenvalue weighted by Gasteiger charge is 2.02. The number of hydrogen-bond donors (Lipinski definition) is 1. The lowest BCUT2D eigenvalue weighted by atomic mass is 10.1. The minimum Gasteiger partial charge on any atom is -0.457 e. The van der Waals surface area contributed by atoms with Crippen molar-refractivity contribution < 1.29 is 4.74 Å². The number of nitrogens with two attached hydrogens (primary N) is 1. The van der Waals surface area contributed by atoms with Crippen molar-refractivity contribution in [1.82, 2.24) is 0 Å². The van der Waals surface area contributed by atoms with Crippen molar-refractivity contribution in [2.75, 3.05) is 5.73 Å². The maximum absolute atomic E-state index is 5.89. The fourth-order valence-corrected chi connectivity index (χ4v) is 2.48. The van der Waals surface area contributed by atoms with Gasteiger partial charge in [-0.2, -0.15) is 0 Å². The summed E-state index contributed by atoms with van der Waals surface area (Å²) in [5.41, 5.74) is 7.61. The lowest BCUT2D eigenvalue weighted by molar-refractivity contribution is 0.483. The van der Waals surface area contributed by atoms with Crippen LogP contribution in [0, 0.1) is 6.92 Å². The maximum Gasteiger partial charge on any atom is 0.128 e. The summed E-state index contributed by atoms with van der Waals surface area (Å²) in [5, 5.41) is 2.33. The second kappa shape index (κ2) is 5.17. The van der Waals surface area contributed by atoms with Crippen molar-refractivity contribution in [3.05, 3.63) is 64.6 Å². The highest BCUT2D eigenvalue weighted by Crippen LogP contribution is 2.28. The van der Waals surface area contributed by atoms with Crippen LogP contribution in [0.1, 0.15) is 5.56 Å². The number of aryl methyl sites for hydroxylation is 1. The molecule has 20 heavy (non-hydrogen) atoms. The third-order valence-electron chi connectivity index (χ3n) is 3.25. The molecule has 0 radical (unpaired) electrons. The van der Waals surface area contributed by atoms with E-state index < -0.39 is 0 Å². The minimum absolute atomic E-state index is 0.778. The Balaban J connectivity index is 1.94. The Hall–Kier alpha value is -2.00. The van der Waals surface area contributed by atoms with Crippen LogP contribution in [-0.4, -0.2) is 0 Å². The van der Waals surface area contributed by atoms with Crippen LogP contribution in [0.3, 0.4) is 0 Å². The SMILES string of the molecule is Cc1cc(Oc2ccc3cc(Br)ccc3c2)ccc1N. The summed E-state index contributed by atoms with van der Waals surface area (Å²) in [6.45, 7) is 1.97. The van der Waals surface area contributed by atoms with Gasteiger partial charge in [-0.05, 0) is 65.7 Å². The summed E-state index contributed by atoms with van der Waals surface area (Å²) in [4.78, 5) is 0. The van der Waals surface area contributed by atoms with E-state index in [0.29, 0.717) is 0 Å². The molecule has 3 aromatic rings. The van der Waals surface area contributed by atoms with E-state index in [1.54, 1.807) is 0 Å². The van der Waals surface area contributed by atoms with E-state index in [2.05, 4.69) is 34.1 Å². The first-order chi connectivity index (χ1) is 9.61. The third-order valence-corrected chi connectivity index (χ3v) is 3.74. The second-order valence-electron chi connectivity index (χ2n) is 4.77. The molecule has 0 saturated heterocycles. The van der Waals surface area contributed by atoms with E-state index in [0.717, 1.165) is 32.6 Å². The molecule has 0 saturated carbocycles. The Bertz CT molecular complexity index is 783. The average molecular weight is 328 g/mol. The van der Waals surface area contributed by atoms with Gasteiger partial charge in [-0.25, -0.2) is 0 Å². The molecular formula is C17H14BrNO. The fraction of sp³-hybridized carbons (Fsp3) is 0.0588. The zero-order valence-corrected chi connectivity index (χ0v) is 12.6. The number of nitrogen functional groups attached to an aromatic ring is 1. The quantitative estimate of drug-likeness (QED) is 0.649. The van der Waals surface area contributed by atoms with Crippen LogP contribution >= 0.6 is 15.9 Å². The normalized spacial score (nSPS) is 10.7. The zero-order valence-electron chi connectivity index (χ0n) is 11.1. The predicted octanol–water partition coefficient (Wildman–Crippen LogP) is 5.29. The lowest BCUT2D eigenvalue weighted by Crippen LogP contribution is -1.90. The average Bonchev–Trinajstić information content (AvgIpc) is 2.43. The molecule has 3 heteroatoms. The molecule has 0 unspecified atom stereocenters. The van der Waals surface area contributed by atoms with E-state index in [1.807, 2.05) is 43.3 Å². The van der Waals surface area contributed by atoms with E-state index in [4.69, 9.17) is 10.5 Å². The second-order valence-corrected chi connectivity index (χ2v) is 5.69. The number of fused-ring (bicyclic) bond motifs is 1. The van der Waals surface area contributed by atoms with Crippen LogP contribution in [0.15, 0.2) is 59.1 Å². The molecule has 0 atom stereocenters. The molecule has 0 aliphatic rings. The van der Waals surface area contributed by atoms with Gasteiger partial charge in [0.05, 0.1) is 0 Å². The summed E-state index contributed by atoms with van der Waals surface area (Å²) in [5.74, 6) is 1.62. The summed E-state index contributed by atoms with van der Waals surface area (Å²) in [7, 11) is 0. The lowest BCUT2D eigenvalue weighted by Gasteiger charge is -2.09. The molecule has 0 aliphatic heterocycles. The molecule has 100 valence electrons. The van der Waals surface area contributed by atoms with Crippen molar-refractivity contribution in [3.8, 4) is 11.5 Å². The van der Waals surface area contributed by atoms with Gasteiger partial charge in [0, 0.05) is 10.2 Å². The topological polar surface area (TPSA) is 35.2 Å². The predicted molar refractivity (Wildman–Crippen MR) is 87.3 cm³/mol. The van der Waals surface area contributed by atoms with E-state index >= 15 is 0 Å². The first kappa shape index (κ1) is 13.0. The molecule has 3 rings (SSSR count). The Labute approximate surface area is 126 Å². The van der Waals surface area contributed by atoms with Crippen LogP contribution in [0.5, 0.6) is 11.5 Å². The Morgan fingerprint density at radius 3 is 2.30 bits per heavy atom. The highest BCUT2D eigenvalue weighted by atomic mass is 79.9. The van der Waals surface area contributed by atoms with Gasteiger partial charge in [-0.1, -0.05) is 28.1 Å². The molecule has 0 aliphatic carbocycles. The van der Waals surface area contributed by atoms with Crippen LogP contribution in [-0.2, 0) is 0 Å². The molecule has 2 nitrogen and oxygen atoms in total.